The zero-order valence-corrected chi connectivity index (χ0v) is 34.2. The largest absolute Gasteiger partial charge is 0.512 e. The van der Waals surface area contributed by atoms with Crippen molar-refractivity contribution in [2.45, 2.75) is 46.0 Å². The molecule has 3 unspecified atom stereocenters. The van der Waals surface area contributed by atoms with Crippen LogP contribution in [0.3, 0.4) is 0 Å². The van der Waals surface area contributed by atoms with Crippen molar-refractivity contribution in [3.63, 3.8) is 0 Å². The van der Waals surface area contributed by atoms with E-state index in [9.17, 15) is 10.2 Å². The molecule has 2 nitrogen and oxygen atoms in total. The Hall–Kier alpha value is -5.77. The molecule has 57 heavy (non-hydrogen) atoms. The molecule has 2 N–H and O–H groups in total. The minimum atomic E-state index is -0.0379. The van der Waals surface area contributed by atoms with Crippen molar-refractivity contribution in [2.75, 3.05) is 6.26 Å². The number of hydrogen-bond acceptors (Lipinski definition) is 3. The van der Waals surface area contributed by atoms with Gasteiger partial charge in [-0.1, -0.05) is 153 Å². The van der Waals surface area contributed by atoms with Crippen LogP contribution >= 0.6 is 12.6 Å². The molecule has 0 aromatic heterocycles. The Bertz CT molecular complexity index is 2720. The molecule has 0 saturated carbocycles. The Morgan fingerprint density at radius 3 is 2.12 bits per heavy atom. The molecule has 3 atom stereocenters. The second-order valence-corrected chi connectivity index (χ2v) is 15.4. The minimum Gasteiger partial charge on any atom is -0.512 e. The molecule has 0 bridgehead atoms. The van der Waals surface area contributed by atoms with Gasteiger partial charge in [-0.25, -0.2) is 0 Å². The Morgan fingerprint density at radius 2 is 1.46 bits per heavy atom. The third-order valence-corrected chi connectivity index (χ3v) is 12.4. The van der Waals surface area contributed by atoms with Crippen LogP contribution in [-0.2, 0) is 0 Å². The lowest BCUT2D eigenvalue weighted by molar-refractivity contribution is 0.377. The van der Waals surface area contributed by atoms with E-state index in [2.05, 4.69) is 174 Å². The molecule has 4 aliphatic rings. The number of aliphatic hydroxyl groups excluding tert-OH is 2. The number of rotatable bonds is 7. The van der Waals surface area contributed by atoms with Gasteiger partial charge in [0.15, 0.2) is 0 Å². The van der Waals surface area contributed by atoms with Gasteiger partial charge in [0, 0.05) is 35.3 Å². The molecule has 4 aliphatic carbocycles. The van der Waals surface area contributed by atoms with E-state index in [-0.39, 0.29) is 23.5 Å². The third kappa shape index (κ3) is 6.58. The molecular formula is C54H50O2S. The summed E-state index contributed by atoms with van der Waals surface area (Å²) < 4.78 is 0. The first kappa shape index (κ1) is 38.1. The fraction of sp³-hybridized carbons (Fsp3) is 0.185. The molecule has 0 heterocycles. The standard InChI is InChI=1S/C53H46O2.CH4S/c1-5-15-48(52-28-34-16-13-25-40(34)41-17-7-11-21-45(41)52)53(55)37(6-2)38-23-14-24-39(32(38)3)50-31-36(54)30-49(33(50)4)35-26-27-47-44-20-9-8-18-42(44)43-19-10-12-22-46(43)51(47)29-35;1-2/h6-15,17-30,41,45,50,54-55H,2,5,16,31H2,1,3-4H3;2H,1H3/b48-15-,53-37-;. The van der Waals surface area contributed by atoms with E-state index in [1.165, 1.54) is 49.0 Å². The fourth-order valence-electron chi connectivity index (χ4n) is 9.72. The van der Waals surface area contributed by atoms with Gasteiger partial charge in [0.05, 0.1) is 5.76 Å². The predicted octanol–water partition coefficient (Wildman–Crippen LogP) is 14.7. The molecule has 0 spiro atoms. The lowest BCUT2D eigenvalue weighted by Gasteiger charge is -2.33. The zero-order valence-electron chi connectivity index (χ0n) is 33.3. The summed E-state index contributed by atoms with van der Waals surface area (Å²) in [6, 6.07) is 30.4. The van der Waals surface area contributed by atoms with E-state index in [0.717, 1.165) is 57.4 Å². The Morgan fingerprint density at radius 1 is 0.807 bits per heavy atom. The average molecular weight is 763 g/mol. The van der Waals surface area contributed by atoms with Gasteiger partial charge in [-0.3, -0.25) is 0 Å². The van der Waals surface area contributed by atoms with Crippen molar-refractivity contribution >= 4 is 56.1 Å². The number of thiol groups is 1. The molecule has 284 valence electrons. The molecule has 9 rings (SSSR count). The smallest absolute Gasteiger partial charge is 0.130 e. The highest BCUT2D eigenvalue weighted by molar-refractivity contribution is 7.79. The van der Waals surface area contributed by atoms with Crippen LogP contribution in [0, 0.1) is 18.8 Å². The van der Waals surface area contributed by atoms with Crippen molar-refractivity contribution in [2.24, 2.45) is 11.8 Å². The van der Waals surface area contributed by atoms with Gasteiger partial charge in [0.25, 0.3) is 0 Å². The first-order valence-electron chi connectivity index (χ1n) is 20.1. The highest BCUT2D eigenvalue weighted by Crippen LogP contribution is 2.48. The molecular weight excluding hydrogens is 713 g/mol. The minimum absolute atomic E-state index is 0.0379. The molecule has 0 fully saturated rings. The molecule has 5 aromatic carbocycles. The van der Waals surface area contributed by atoms with E-state index in [1.54, 1.807) is 12.3 Å². The molecule has 3 heteroatoms. The molecule has 0 aliphatic heterocycles. The number of fused-ring (bicyclic) bond motifs is 8. The van der Waals surface area contributed by atoms with Crippen LogP contribution in [0.1, 0.15) is 61.3 Å². The van der Waals surface area contributed by atoms with Crippen molar-refractivity contribution in [1.82, 2.24) is 0 Å². The maximum Gasteiger partial charge on any atom is 0.130 e. The Kier molecular flexibility index (Phi) is 10.7. The van der Waals surface area contributed by atoms with Crippen molar-refractivity contribution in [3.8, 4) is 0 Å². The van der Waals surface area contributed by atoms with Gasteiger partial charge in [0.2, 0.25) is 0 Å². The number of benzene rings is 5. The van der Waals surface area contributed by atoms with E-state index in [1.807, 2.05) is 6.08 Å². The van der Waals surface area contributed by atoms with Gasteiger partial charge >= 0.3 is 0 Å². The highest BCUT2D eigenvalue weighted by Gasteiger charge is 2.34. The van der Waals surface area contributed by atoms with Gasteiger partial charge in [-0.2, -0.15) is 12.6 Å². The van der Waals surface area contributed by atoms with Gasteiger partial charge in [-0.05, 0) is 122 Å². The van der Waals surface area contributed by atoms with Crippen LogP contribution in [0.2, 0.25) is 0 Å². The lowest BCUT2D eigenvalue weighted by Crippen LogP contribution is -2.22. The molecule has 0 saturated heterocycles. The SMILES string of the molecule is C=C/C(=C(O)\C(=C/CC)C1=CC2=C(C=CC2)C2C=CC=CC12)c1cccc(C2CC(O)=CC(c3ccc4c5ccccc5c5ccccc5c4c3)=C2C)c1C.CS. The summed E-state index contributed by atoms with van der Waals surface area (Å²) in [5, 5.41) is 31.2. The van der Waals surface area contributed by atoms with Crippen LogP contribution in [0.15, 0.2) is 192 Å². The van der Waals surface area contributed by atoms with Crippen molar-refractivity contribution in [3.05, 3.63) is 214 Å². The van der Waals surface area contributed by atoms with Crippen LogP contribution in [0.5, 0.6) is 0 Å². The number of hydrogen-bond donors (Lipinski definition) is 3. The van der Waals surface area contributed by atoms with Crippen LogP contribution in [0.25, 0.3) is 43.5 Å². The summed E-state index contributed by atoms with van der Waals surface area (Å²) in [4.78, 5) is 0. The highest BCUT2D eigenvalue weighted by atomic mass is 32.1. The topological polar surface area (TPSA) is 40.5 Å². The summed E-state index contributed by atoms with van der Waals surface area (Å²) in [6.45, 7) is 10.7. The maximum absolute atomic E-state index is 12.3. The van der Waals surface area contributed by atoms with Gasteiger partial charge in [0.1, 0.15) is 5.76 Å². The monoisotopic (exact) mass is 762 g/mol. The second-order valence-electron chi connectivity index (χ2n) is 15.4. The number of allylic oxidation sites excluding steroid dienone is 17. The summed E-state index contributed by atoms with van der Waals surface area (Å²) >= 11 is 3.53. The van der Waals surface area contributed by atoms with E-state index < -0.39 is 0 Å². The van der Waals surface area contributed by atoms with E-state index >= 15 is 0 Å². The first-order chi connectivity index (χ1) is 27.9. The quantitative estimate of drug-likeness (QED) is 0.0669. The van der Waals surface area contributed by atoms with Crippen LogP contribution in [-0.4, -0.2) is 16.5 Å². The van der Waals surface area contributed by atoms with Gasteiger partial charge < -0.3 is 10.2 Å². The third-order valence-electron chi connectivity index (χ3n) is 12.4. The molecule has 0 amide bonds. The summed E-state index contributed by atoms with van der Waals surface area (Å²) in [5.41, 5.74) is 12.0. The van der Waals surface area contributed by atoms with Crippen LogP contribution in [0.4, 0.5) is 0 Å². The predicted molar refractivity (Wildman–Crippen MR) is 248 cm³/mol. The van der Waals surface area contributed by atoms with E-state index in [4.69, 9.17) is 0 Å². The average Bonchev–Trinajstić information content (AvgIpc) is 3.74. The first-order valence-corrected chi connectivity index (χ1v) is 21.0. The normalized spacial score (nSPS) is 20.6. The Balaban J connectivity index is 0.00000224. The second kappa shape index (κ2) is 16.0. The summed E-state index contributed by atoms with van der Waals surface area (Å²) in [5.74, 6) is 1.01. The molecule has 0 radical (unpaired) electrons. The van der Waals surface area contributed by atoms with Crippen molar-refractivity contribution < 1.29 is 10.2 Å². The summed E-state index contributed by atoms with van der Waals surface area (Å²) in [6.07, 6.45) is 25.5. The van der Waals surface area contributed by atoms with Crippen molar-refractivity contribution in [1.29, 1.82) is 0 Å². The summed E-state index contributed by atoms with van der Waals surface area (Å²) in [7, 11) is 0. The maximum atomic E-state index is 12.3. The van der Waals surface area contributed by atoms with E-state index in [0.29, 0.717) is 12.2 Å². The fourth-order valence-corrected chi connectivity index (χ4v) is 9.72. The number of aliphatic hydroxyl groups is 2. The lowest BCUT2D eigenvalue weighted by atomic mass is 9.70. The van der Waals surface area contributed by atoms with Gasteiger partial charge in [-0.15, -0.1) is 0 Å². The zero-order chi connectivity index (χ0) is 39.8. The van der Waals surface area contributed by atoms with Crippen LogP contribution < -0.4 is 0 Å². The Labute approximate surface area is 342 Å². The molecule has 5 aromatic rings.